The molecule has 102 valence electrons. The molecule has 7 heteroatoms. The highest BCUT2D eigenvalue weighted by Gasteiger charge is 2.31. The number of hydrogen-bond donors (Lipinski definition) is 3. The van der Waals surface area contributed by atoms with Gasteiger partial charge in [0.2, 0.25) is 5.91 Å². The van der Waals surface area contributed by atoms with Gasteiger partial charge in [0.1, 0.15) is 0 Å². The van der Waals surface area contributed by atoms with Crippen LogP contribution in [0.4, 0.5) is 5.69 Å². The number of amides is 1. The van der Waals surface area contributed by atoms with Gasteiger partial charge in [0.25, 0.3) is 0 Å². The molecular weight excluding hydrogens is 316 g/mol. The monoisotopic (exact) mass is 328 g/mol. The lowest BCUT2D eigenvalue weighted by molar-refractivity contribution is -0.120. The summed E-state index contributed by atoms with van der Waals surface area (Å²) >= 11 is 3.14. The van der Waals surface area contributed by atoms with Gasteiger partial charge in [-0.05, 0) is 34.1 Å². The second-order valence-electron chi connectivity index (χ2n) is 4.30. The van der Waals surface area contributed by atoms with Gasteiger partial charge in [-0.25, -0.2) is 4.79 Å². The van der Waals surface area contributed by atoms with Crippen LogP contribution in [0.2, 0.25) is 0 Å². The van der Waals surface area contributed by atoms with E-state index in [1.54, 1.807) is 12.1 Å². The summed E-state index contributed by atoms with van der Waals surface area (Å²) in [5.41, 5.74) is 6.26. The number of ether oxygens (including phenoxy) is 1. The Bertz CT molecular complexity index is 520. The van der Waals surface area contributed by atoms with Crippen molar-refractivity contribution in [2.45, 2.75) is 6.04 Å². The van der Waals surface area contributed by atoms with Crippen molar-refractivity contribution in [1.82, 2.24) is 0 Å². The first-order valence-electron chi connectivity index (χ1n) is 5.66. The van der Waals surface area contributed by atoms with E-state index in [-0.39, 0.29) is 24.1 Å². The molecule has 0 spiro atoms. The van der Waals surface area contributed by atoms with E-state index in [9.17, 15) is 9.59 Å². The third-order valence-electron chi connectivity index (χ3n) is 2.93. The number of nitrogens with one attached hydrogen (secondary N) is 1. The maximum Gasteiger partial charge on any atom is 0.336 e. The van der Waals surface area contributed by atoms with Crippen LogP contribution in [0.25, 0.3) is 0 Å². The summed E-state index contributed by atoms with van der Waals surface area (Å²) in [4.78, 5) is 22.9. The smallest absolute Gasteiger partial charge is 0.336 e. The number of carboxylic acid groups (broad SMARTS) is 1. The molecule has 1 fully saturated rings. The van der Waals surface area contributed by atoms with E-state index in [0.717, 1.165) is 0 Å². The van der Waals surface area contributed by atoms with E-state index in [0.29, 0.717) is 16.8 Å². The van der Waals surface area contributed by atoms with Gasteiger partial charge in [-0.15, -0.1) is 0 Å². The van der Waals surface area contributed by atoms with Gasteiger partial charge < -0.3 is 20.9 Å². The SMILES string of the molecule is NC1COCC1C(=O)Nc1ccc(Br)c(C(=O)O)c1. The van der Waals surface area contributed by atoms with Gasteiger partial charge in [-0.3, -0.25) is 4.79 Å². The molecule has 0 aromatic heterocycles. The Balaban J connectivity index is 2.13. The van der Waals surface area contributed by atoms with Crippen molar-refractivity contribution in [3.63, 3.8) is 0 Å². The first-order chi connectivity index (χ1) is 8.99. The molecule has 1 aliphatic heterocycles. The molecule has 2 unspecified atom stereocenters. The highest BCUT2D eigenvalue weighted by atomic mass is 79.9. The van der Waals surface area contributed by atoms with Crippen LogP contribution < -0.4 is 11.1 Å². The second-order valence-corrected chi connectivity index (χ2v) is 5.15. The van der Waals surface area contributed by atoms with E-state index in [4.69, 9.17) is 15.6 Å². The standard InChI is InChI=1S/C12H13BrN2O4/c13-9-2-1-6(3-7(9)12(17)18)15-11(16)8-4-19-5-10(8)14/h1-3,8,10H,4-5,14H2,(H,15,16)(H,17,18). The molecule has 1 aliphatic rings. The Morgan fingerprint density at radius 3 is 2.74 bits per heavy atom. The zero-order chi connectivity index (χ0) is 14.0. The highest BCUT2D eigenvalue weighted by molar-refractivity contribution is 9.10. The van der Waals surface area contributed by atoms with E-state index in [1.165, 1.54) is 6.07 Å². The molecule has 1 amide bonds. The molecule has 2 atom stereocenters. The molecule has 19 heavy (non-hydrogen) atoms. The zero-order valence-corrected chi connectivity index (χ0v) is 11.5. The van der Waals surface area contributed by atoms with Crippen LogP contribution >= 0.6 is 15.9 Å². The maximum atomic E-state index is 12.0. The van der Waals surface area contributed by atoms with Crippen molar-refractivity contribution in [1.29, 1.82) is 0 Å². The lowest BCUT2D eigenvalue weighted by Crippen LogP contribution is -2.37. The molecule has 2 rings (SSSR count). The predicted molar refractivity (Wildman–Crippen MR) is 72.0 cm³/mol. The number of carbonyl (C=O) groups excluding carboxylic acids is 1. The lowest BCUT2D eigenvalue weighted by Gasteiger charge is -2.13. The van der Waals surface area contributed by atoms with Gasteiger partial charge in [-0.1, -0.05) is 0 Å². The van der Waals surface area contributed by atoms with E-state index in [2.05, 4.69) is 21.2 Å². The van der Waals surface area contributed by atoms with Crippen molar-refractivity contribution in [3.05, 3.63) is 28.2 Å². The fourth-order valence-electron chi connectivity index (χ4n) is 1.84. The molecule has 0 saturated carbocycles. The fraction of sp³-hybridized carbons (Fsp3) is 0.333. The van der Waals surface area contributed by atoms with Gasteiger partial charge in [0, 0.05) is 16.2 Å². The van der Waals surface area contributed by atoms with Crippen molar-refractivity contribution in [3.8, 4) is 0 Å². The zero-order valence-electron chi connectivity index (χ0n) is 9.93. The fourth-order valence-corrected chi connectivity index (χ4v) is 2.26. The Labute approximate surface area is 118 Å². The van der Waals surface area contributed by atoms with Crippen molar-refractivity contribution >= 4 is 33.5 Å². The number of hydrogen-bond acceptors (Lipinski definition) is 4. The molecule has 6 nitrogen and oxygen atoms in total. The molecule has 0 aliphatic carbocycles. The van der Waals surface area contributed by atoms with Crippen molar-refractivity contribution in [2.24, 2.45) is 11.7 Å². The molecule has 1 saturated heterocycles. The van der Waals surface area contributed by atoms with E-state index in [1.807, 2.05) is 0 Å². The number of aromatic carboxylic acids is 1. The third kappa shape index (κ3) is 3.12. The van der Waals surface area contributed by atoms with Crippen LogP contribution in [0.15, 0.2) is 22.7 Å². The van der Waals surface area contributed by atoms with Crippen LogP contribution in [0.3, 0.4) is 0 Å². The van der Waals surface area contributed by atoms with Crippen LogP contribution in [0, 0.1) is 5.92 Å². The largest absolute Gasteiger partial charge is 0.478 e. The quantitative estimate of drug-likeness (QED) is 0.770. The number of benzene rings is 1. The molecular formula is C12H13BrN2O4. The highest BCUT2D eigenvalue weighted by Crippen LogP contribution is 2.22. The molecule has 4 N–H and O–H groups in total. The third-order valence-corrected chi connectivity index (χ3v) is 3.62. The minimum absolute atomic E-state index is 0.0878. The Kier molecular flexibility index (Phi) is 4.18. The van der Waals surface area contributed by atoms with Crippen LogP contribution in [-0.4, -0.2) is 36.2 Å². The summed E-state index contributed by atoms with van der Waals surface area (Å²) in [6.07, 6.45) is 0. The Morgan fingerprint density at radius 2 is 2.16 bits per heavy atom. The van der Waals surface area contributed by atoms with Crippen LogP contribution in [0.5, 0.6) is 0 Å². The van der Waals surface area contributed by atoms with Gasteiger partial charge in [0.15, 0.2) is 0 Å². The Hall–Kier alpha value is -1.44. The van der Waals surface area contributed by atoms with Crippen molar-refractivity contribution < 1.29 is 19.4 Å². The number of rotatable bonds is 3. The number of nitrogens with two attached hydrogens (primary N) is 1. The molecule has 1 heterocycles. The number of carboxylic acids is 1. The lowest BCUT2D eigenvalue weighted by atomic mass is 10.0. The molecule has 1 aromatic rings. The minimum atomic E-state index is -1.07. The summed E-state index contributed by atoms with van der Waals surface area (Å²) in [6.45, 7) is 0.647. The summed E-state index contributed by atoms with van der Waals surface area (Å²) in [6, 6.07) is 4.26. The van der Waals surface area contributed by atoms with Crippen molar-refractivity contribution in [2.75, 3.05) is 18.5 Å². The van der Waals surface area contributed by atoms with Gasteiger partial charge >= 0.3 is 5.97 Å². The topological polar surface area (TPSA) is 102 Å². The number of halogens is 1. The normalized spacial score (nSPS) is 22.2. The second kappa shape index (κ2) is 5.68. The summed E-state index contributed by atoms with van der Waals surface area (Å²) in [5.74, 6) is -1.73. The van der Waals surface area contributed by atoms with Crippen LogP contribution in [-0.2, 0) is 9.53 Å². The molecule has 0 bridgehead atoms. The van der Waals surface area contributed by atoms with Gasteiger partial charge in [0.05, 0.1) is 24.7 Å². The van der Waals surface area contributed by atoms with E-state index >= 15 is 0 Å². The average molecular weight is 329 g/mol. The average Bonchev–Trinajstić information content (AvgIpc) is 2.77. The first-order valence-corrected chi connectivity index (χ1v) is 6.45. The van der Waals surface area contributed by atoms with E-state index < -0.39 is 11.9 Å². The Morgan fingerprint density at radius 1 is 1.42 bits per heavy atom. The van der Waals surface area contributed by atoms with Gasteiger partial charge in [-0.2, -0.15) is 0 Å². The maximum absolute atomic E-state index is 12.0. The summed E-state index contributed by atoms with van der Waals surface area (Å²) < 4.78 is 5.58. The summed E-state index contributed by atoms with van der Waals surface area (Å²) in [5, 5.41) is 11.6. The predicted octanol–water partition coefficient (Wildman–Crippen LogP) is 1.06. The first kappa shape index (κ1) is 14.0. The number of carbonyl (C=O) groups is 2. The van der Waals surface area contributed by atoms with Crippen LogP contribution in [0.1, 0.15) is 10.4 Å². The summed E-state index contributed by atoms with van der Waals surface area (Å²) in [7, 11) is 0. The molecule has 0 radical (unpaired) electrons. The molecule has 1 aromatic carbocycles. The number of anilines is 1. The minimum Gasteiger partial charge on any atom is -0.478 e.